The summed E-state index contributed by atoms with van der Waals surface area (Å²) >= 11 is 0. The molecular weight excluding hydrogens is 230 g/mol. The molecule has 0 radical (unpaired) electrons. The van der Waals surface area contributed by atoms with E-state index in [1.165, 1.54) is 0 Å². The maximum Gasteiger partial charge on any atom is 0.137 e. The normalized spacial score (nSPS) is 10.6. The van der Waals surface area contributed by atoms with Gasteiger partial charge in [0, 0.05) is 25.6 Å². The Morgan fingerprint density at radius 3 is 2.78 bits per heavy atom. The molecule has 1 aromatic carbocycles. The van der Waals surface area contributed by atoms with Crippen LogP contribution in [0, 0.1) is 6.92 Å². The van der Waals surface area contributed by atoms with Crippen LogP contribution < -0.4 is 10.1 Å². The molecule has 5 heteroatoms. The van der Waals surface area contributed by atoms with Gasteiger partial charge in [0.15, 0.2) is 0 Å². The highest BCUT2D eigenvalue weighted by Crippen LogP contribution is 2.27. The number of rotatable bonds is 5. The van der Waals surface area contributed by atoms with E-state index in [0.717, 1.165) is 28.0 Å². The molecule has 0 saturated heterocycles. The molecule has 0 aliphatic carbocycles. The lowest BCUT2D eigenvalue weighted by Crippen LogP contribution is -2.05. The second kappa shape index (κ2) is 5.64. The Labute approximate surface area is 106 Å². The van der Waals surface area contributed by atoms with Crippen molar-refractivity contribution in [1.82, 2.24) is 9.97 Å². The molecule has 0 atom stereocenters. The van der Waals surface area contributed by atoms with Crippen molar-refractivity contribution in [3.8, 4) is 5.75 Å². The smallest absolute Gasteiger partial charge is 0.137 e. The molecule has 0 spiro atoms. The maximum absolute atomic E-state index is 5.65. The van der Waals surface area contributed by atoms with Gasteiger partial charge >= 0.3 is 0 Å². The van der Waals surface area contributed by atoms with Gasteiger partial charge in [0.2, 0.25) is 0 Å². The van der Waals surface area contributed by atoms with Gasteiger partial charge in [0.25, 0.3) is 0 Å². The maximum atomic E-state index is 5.65. The fourth-order valence-corrected chi connectivity index (χ4v) is 1.78. The summed E-state index contributed by atoms with van der Waals surface area (Å²) in [6.07, 6.45) is 1.54. The number of aromatic nitrogens is 2. The molecule has 18 heavy (non-hydrogen) atoms. The molecule has 5 nitrogen and oxygen atoms in total. The topological polar surface area (TPSA) is 56.3 Å². The first-order valence-electron chi connectivity index (χ1n) is 5.81. The largest absolute Gasteiger partial charge is 0.491 e. The first-order chi connectivity index (χ1) is 8.76. The van der Waals surface area contributed by atoms with Crippen molar-refractivity contribution >= 4 is 16.7 Å². The molecule has 1 N–H and O–H groups in total. The van der Waals surface area contributed by atoms with Crippen LogP contribution in [0.2, 0.25) is 0 Å². The van der Waals surface area contributed by atoms with Crippen LogP contribution in [0.5, 0.6) is 5.75 Å². The first-order valence-corrected chi connectivity index (χ1v) is 5.81. The van der Waals surface area contributed by atoms with Gasteiger partial charge in [-0.2, -0.15) is 0 Å². The third-order valence-corrected chi connectivity index (χ3v) is 2.71. The molecule has 96 valence electrons. The summed E-state index contributed by atoms with van der Waals surface area (Å²) in [5.74, 6) is 1.66. The average Bonchev–Trinajstić information content (AvgIpc) is 2.39. The summed E-state index contributed by atoms with van der Waals surface area (Å²) in [4.78, 5) is 8.45. The van der Waals surface area contributed by atoms with Crippen molar-refractivity contribution in [2.45, 2.75) is 6.92 Å². The van der Waals surface area contributed by atoms with Gasteiger partial charge in [-0.15, -0.1) is 0 Å². The molecular formula is C13H17N3O2. The number of hydrogen-bond donors (Lipinski definition) is 1. The molecule has 0 aliphatic heterocycles. The third-order valence-electron chi connectivity index (χ3n) is 2.71. The highest BCUT2D eigenvalue weighted by Gasteiger charge is 2.07. The Morgan fingerprint density at radius 2 is 2.06 bits per heavy atom. The summed E-state index contributed by atoms with van der Waals surface area (Å²) in [6, 6.07) is 3.96. The van der Waals surface area contributed by atoms with Crippen LogP contribution in [0.1, 0.15) is 5.56 Å². The molecule has 0 fully saturated rings. The quantitative estimate of drug-likeness (QED) is 0.819. The third kappa shape index (κ3) is 2.51. The van der Waals surface area contributed by atoms with Crippen molar-refractivity contribution in [3.05, 3.63) is 24.0 Å². The molecule has 2 rings (SSSR count). The highest BCUT2D eigenvalue weighted by molar-refractivity contribution is 5.90. The standard InChI is InChI=1S/C13H17N3O2/c1-9-6-10-11(15-8-16-13(10)14-2)7-12(9)18-5-4-17-3/h6-8H,4-5H2,1-3H3,(H,14,15,16). The second-order valence-corrected chi connectivity index (χ2v) is 3.95. The van der Waals surface area contributed by atoms with Crippen LogP contribution in [0.15, 0.2) is 18.5 Å². The predicted molar refractivity (Wildman–Crippen MR) is 71.2 cm³/mol. The van der Waals surface area contributed by atoms with Crippen LogP contribution in [0.25, 0.3) is 10.9 Å². The molecule has 1 aromatic heterocycles. The van der Waals surface area contributed by atoms with Gasteiger partial charge in [-0.05, 0) is 18.6 Å². The number of hydrogen-bond acceptors (Lipinski definition) is 5. The second-order valence-electron chi connectivity index (χ2n) is 3.95. The van der Waals surface area contributed by atoms with Crippen LogP contribution in [0.4, 0.5) is 5.82 Å². The lowest BCUT2D eigenvalue weighted by Gasteiger charge is -2.11. The summed E-state index contributed by atoms with van der Waals surface area (Å²) in [5, 5.41) is 4.05. The average molecular weight is 247 g/mol. The van der Waals surface area contributed by atoms with E-state index in [2.05, 4.69) is 15.3 Å². The Kier molecular flexibility index (Phi) is 3.94. The highest BCUT2D eigenvalue weighted by atomic mass is 16.5. The fourth-order valence-electron chi connectivity index (χ4n) is 1.78. The van der Waals surface area contributed by atoms with Gasteiger partial charge in [-0.3, -0.25) is 0 Å². The Bertz CT molecular complexity index is 543. The Hall–Kier alpha value is -1.88. The van der Waals surface area contributed by atoms with E-state index in [1.807, 2.05) is 26.1 Å². The Balaban J connectivity index is 2.37. The molecule has 0 unspecified atom stereocenters. The van der Waals surface area contributed by atoms with Crippen molar-refractivity contribution in [1.29, 1.82) is 0 Å². The van der Waals surface area contributed by atoms with Gasteiger partial charge in [-0.1, -0.05) is 0 Å². The SMILES string of the molecule is CNc1ncnc2cc(OCCOC)c(C)cc12. The fraction of sp³-hybridized carbons (Fsp3) is 0.385. The lowest BCUT2D eigenvalue weighted by molar-refractivity contribution is 0.146. The molecule has 2 aromatic rings. The molecule has 0 aliphatic rings. The zero-order valence-corrected chi connectivity index (χ0v) is 10.9. The summed E-state index contributed by atoms with van der Waals surface area (Å²) in [5.41, 5.74) is 1.93. The number of anilines is 1. The van der Waals surface area contributed by atoms with E-state index in [9.17, 15) is 0 Å². The van der Waals surface area contributed by atoms with Crippen molar-refractivity contribution < 1.29 is 9.47 Å². The summed E-state index contributed by atoms with van der Waals surface area (Å²) in [6.45, 7) is 3.11. The zero-order chi connectivity index (χ0) is 13.0. The van der Waals surface area contributed by atoms with Crippen LogP contribution in [-0.2, 0) is 4.74 Å². The number of methoxy groups -OCH3 is 1. The van der Waals surface area contributed by atoms with E-state index in [4.69, 9.17) is 9.47 Å². The van der Waals surface area contributed by atoms with Crippen molar-refractivity contribution in [2.75, 3.05) is 32.7 Å². The van der Waals surface area contributed by atoms with Gasteiger partial charge in [0.1, 0.15) is 24.5 Å². The van der Waals surface area contributed by atoms with Gasteiger partial charge < -0.3 is 14.8 Å². The summed E-state index contributed by atoms with van der Waals surface area (Å²) < 4.78 is 10.6. The number of nitrogens with zero attached hydrogens (tertiary/aromatic N) is 2. The van der Waals surface area contributed by atoms with Crippen LogP contribution in [0.3, 0.4) is 0 Å². The Morgan fingerprint density at radius 1 is 1.22 bits per heavy atom. The molecule has 0 saturated carbocycles. The number of aryl methyl sites for hydroxylation is 1. The van der Waals surface area contributed by atoms with Crippen molar-refractivity contribution in [2.24, 2.45) is 0 Å². The van der Waals surface area contributed by atoms with Gasteiger partial charge in [0.05, 0.1) is 12.1 Å². The van der Waals surface area contributed by atoms with E-state index >= 15 is 0 Å². The van der Waals surface area contributed by atoms with E-state index in [1.54, 1.807) is 13.4 Å². The lowest BCUT2D eigenvalue weighted by atomic mass is 10.1. The monoisotopic (exact) mass is 247 g/mol. The number of nitrogens with one attached hydrogen (secondary N) is 1. The molecule has 0 amide bonds. The number of fused-ring (bicyclic) bond motifs is 1. The minimum absolute atomic E-state index is 0.535. The number of benzene rings is 1. The predicted octanol–water partition coefficient (Wildman–Crippen LogP) is 2.01. The van der Waals surface area contributed by atoms with Crippen LogP contribution in [-0.4, -0.2) is 37.3 Å². The van der Waals surface area contributed by atoms with Crippen LogP contribution >= 0.6 is 0 Å². The first kappa shape index (κ1) is 12.6. The minimum Gasteiger partial charge on any atom is -0.491 e. The van der Waals surface area contributed by atoms with Crippen molar-refractivity contribution in [3.63, 3.8) is 0 Å². The van der Waals surface area contributed by atoms with E-state index in [0.29, 0.717) is 13.2 Å². The summed E-state index contributed by atoms with van der Waals surface area (Å²) in [7, 11) is 3.50. The molecule has 0 bridgehead atoms. The minimum atomic E-state index is 0.535. The van der Waals surface area contributed by atoms with E-state index < -0.39 is 0 Å². The zero-order valence-electron chi connectivity index (χ0n) is 10.9. The molecule has 1 heterocycles. The van der Waals surface area contributed by atoms with E-state index in [-0.39, 0.29) is 0 Å². The van der Waals surface area contributed by atoms with Gasteiger partial charge in [-0.25, -0.2) is 9.97 Å². The number of ether oxygens (including phenoxy) is 2.